The van der Waals surface area contributed by atoms with Crippen molar-refractivity contribution >= 4 is 71.7 Å². The highest BCUT2D eigenvalue weighted by atomic mass is 16.3. The molecule has 11 aromatic rings. The summed E-state index contributed by atoms with van der Waals surface area (Å²) in [5, 5.41) is 6.91. The first-order valence-corrected chi connectivity index (χ1v) is 18.7. The fraction of sp³-hybridized carbons (Fsp3) is 0. The maximum absolute atomic E-state index is 6.68. The van der Waals surface area contributed by atoms with Gasteiger partial charge in [0.1, 0.15) is 16.7 Å². The van der Waals surface area contributed by atoms with Gasteiger partial charge >= 0.3 is 0 Å². The van der Waals surface area contributed by atoms with Crippen molar-refractivity contribution in [3.63, 3.8) is 0 Å². The molecule has 0 N–H and O–H groups in total. The van der Waals surface area contributed by atoms with E-state index in [0.29, 0.717) is 0 Å². The normalized spacial score (nSPS) is 11.6. The summed E-state index contributed by atoms with van der Waals surface area (Å²) in [4.78, 5) is 2.34. The number of fused-ring (bicyclic) bond motifs is 7. The van der Waals surface area contributed by atoms with Gasteiger partial charge in [0.25, 0.3) is 0 Å². The molecule has 0 atom stereocenters. The summed E-state index contributed by atoms with van der Waals surface area (Å²) in [6.45, 7) is 0. The van der Waals surface area contributed by atoms with Crippen LogP contribution in [-0.2, 0) is 0 Å². The average molecular weight is 704 g/mol. The van der Waals surface area contributed by atoms with Gasteiger partial charge in [-0.05, 0) is 81.1 Å². The van der Waals surface area contributed by atoms with Crippen molar-refractivity contribution in [2.24, 2.45) is 0 Å². The Balaban J connectivity index is 1.07. The Morgan fingerprint density at radius 2 is 0.836 bits per heavy atom. The van der Waals surface area contributed by atoms with Crippen molar-refractivity contribution in [3.8, 4) is 33.4 Å². The van der Waals surface area contributed by atoms with Gasteiger partial charge in [0.2, 0.25) is 0 Å². The van der Waals surface area contributed by atoms with Gasteiger partial charge in [-0.1, -0.05) is 158 Å². The zero-order chi connectivity index (χ0) is 36.3. The molecule has 55 heavy (non-hydrogen) atoms. The lowest BCUT2D eigenvalue weighted by atomic mass is 9.95. The Hall–Kier alpha value is -7.36. The third-order valence-corrected chi connectivity index (χ3v) is 10.9. The highest BCUT2D eigenvalue weighted by Crippen LogP contribution is 2.47. The molecule has 0 saturated carbocycles. The molecule has 0 spiro atoms. The molecule has 258 valence electrons. The number of benzene rings is 9. The van der Waals surface area contributed by atoms with E-state index >= 15 is 0 Å². The molecule has 0 radical (unpaired) electrons. The molecule has 9 aromatic carbocycles. The Labute approximate surface area is 317 Å². The molecular formula is C52H33NO2. The summed E-state index contributed by atoms with van der Waals surface area (Å²) >= 11 is 0. The summed E-state index contributed by atoms with van der Waals surface area (Å²) in [5.41, 5.74) is 13.5. The van der Waals surface area contributed by atoms with Crippen molar-refractivity contribution < 1.29 is 8.83 Å². The maximum Gasteiger partial charge on any atom is 0.159 e. The van der Waals surface area contributed by atoms with Crippen molar-refractivity contribution in [1.82, 2.24) is 0 Å². The average Bonchev–Trinajstić information content (AvgIpc) is 3.83. The molecular weight excluding hydrogens is 671 g/mol. The first kappa shape index (κ1) is 31.2. The molecule has 3 nitrogen and oxygen atoms in total. The zero-order valence-electron chi connectivity index (χ0n) is 29.8. The minimum absolute atomic E-state index is 0.846. The smallest absolute Gasteiger partial charge is 0.159 e. The lowest BCUT2D eigenvalue weighted by Crippen LogP contribution is -2.11. The molecule has 0 bridgehead atoms. The minimum atomic E-state index is 0.846. The van der Waals surface area contributed by atoms with E-state index in [1.54, 1.807) is 0 Å². The second-order valence-electron chi connectivity index (χ2n) is 14.0. The highest BCUT2D eigenvalue weighted by molar-refractivity contribution is 6.15. The van der Waals surface area contributed by atoms with Gasteiger partial charge in [0.15, 0.2) is 5.58 Å². The second kappa shape index (κ2) is 12.6. The Morgan fingerprint density at radius 1 is 0.309 bits per heavy atom. The monoisotopic (exact) mass is 703 g/mol. The van der Waals surface area contributed by atoms with E-state index in [1.165, 1.54) is 27.5 Å². The van der Waals surface area contributed by atoms with Gasteiger partial charge in [0, 0.05) is 32.8 Å². The first-order chi connectivity index (χ1) is 27.3. The van der Waals surface area contributed by atoms with Gasteiger partial charge in [0.05, 0.1) is 11.4 Å². The van der Waals surface area contributed by atoms with E-state index in [9.17, 15) is 0 Å². The molecule has 11 rings (SSSR count). The van der Waals surface area contributed by atoms with Crippen LogP contribution in [-0.4, -0.2) is 0 Å². The van der Waals surface area contributed by atoms with Crippen LogP contribution >= 0.6 is 0 Å². The van der Waals surface area contributed by atoms with E-state index in [1.807, 2.05) is 24.3 Å². The largest absolute Gasteiger partial charge is 0.456 e. The number of rotatable bonds is 6. The lowest BCUT2D eigenvalue weighted by Gasteiger charge is -2.28. The van der Waals surface area contributed by atoms with Crippen LogP contribution in [0.3, 0.4) is 0 Å². The molecule has 2 heterocycles. The first-order valence-electron chi connectivity index (χ1n) is 18.7. The van der Waals surface area contributed by atoms with Crippen molar-refractivity contribution in [3.05, 3.63) is 200 Å². The van der Waals surface area contributed by atoms with E-state index in [0.717, 1.165) is 77.6 Å². The predicted molar refractivity (Wildman–Crippen MR) is 229 cm³/mol. The van der Waals surface area contributed by atoms with Crippen molar-refractivity contribution in [2.75, 3.05) is 4.90 Å². The van der Waals surface area contributed by atoms with Crippen LogP contribution < -0.4 is 4.90 Å². The van der Waals surface area contributed by atoms with Crippen molar-refractivity contribution in [1.29, 1.82) is 0 Å². The fourth-order valence-electron chi connectivity index (χ4n) is 8.33. The standard InChI is InChI=1S/C52H33NO2/c1-2-14-39-36(12-1)13-9-18-40(39)37-28-26-34(27-29-37)35-30-32-38(33-31-35)53(47-22-10-20-44-42-16-4-7-23-48(42)55-52(44)47)46-21-6-3-15-41(46)43-19-11-25-50-51(43)45-17-5-8-24-49(45)54-50/h1-33H. The number of furan rings is 2. The fourth-order valence-corrected chi connectivity index (χ4v) is 8.33. The Morgan fingerprint density at radius 3 is 1.67 bits per heavy atom. The van der Waals surface area contributed by atoms with Gasteiger partial charge < -0.3 is 13.7 Å². The maximum atomic E-state index is 6.68. The lowest BCUT2D eigenvalue weighted by molar-refractivity contribution is 0.668. The van der Waals surface area contributed by atoms with Crippen LogP contribution in [0.2, 0.25) is 0 Å². The molecule has 0 aliphatic rings. The van der Waals surface area contributed by atoms with Crippen LogP contribution in [0.25, 0.3) is 88.0 Å². The number of nitrogens with zero attached hydrogens (tertiary/aromatic N) is 1. The zero-order valence-corrected chi connectivity index (χ0v) is 29.8. The Bertz CT molecular complexity index is 3200. The highest BCUT2D eigenvalue weighted by Gasteiger charge is 2.23. The molecule has 0 fully saturated rings. The molecule has 2 aromatic heterocycles. The molecule has 0 unspecified atom stereocenters. The molecule has 0 aliphatic heterocycles. The molecule has 0 aliphatic carbocycles. The predicted octanol–water partition coefficient (Wildman–Crippen LogP) is 15.1. The second-order valence-corrected chi connectivity index (χ2v) is 14.0. The van der Waals surface area contributed by atoms with E-state index in [-0.39, 0.29) is 0 Å². The van der Waals surface area contributed by atoms with E-state index in [4.69, 9.17) is 8.83 Å². The topological polar surface area (TPSA) is 29.5 Å². The van der Waals surface area contributed by atoms with E-state index < -0.39 is 0 Å². The molecule has 3 heteroatoms. The van der Waals surface area contributed by atoms with Crippen LogP contribution in [0.4, 0.5) is 17.1 Å². The van der Waals surface area contributed by atoms with Crippen LogP contribution in [0, 0.1) is 0 Å². The number of hydrogen-bond donors (Lipinski definition) is 0. The number of para-hydroxylation sites is 4. The quantitative estimate of drug-likeness (QED) is 0.173. The summed E-state index contributed by atoms with van der Waals surface area (Å²) in [6, 6.07) is 70.9. The van der Waals surface area contributed by atoms with Gasteiger partial charge in [-0.2, -0.15) is 0 Å². The molecule has 0 amide bonds. The SMILES string of the molecule is c1ccc(N(c2ccc(-c3ccc(-c4cccc5ccccc45)cc3)cc2)c2cccc3c2oc2ccccc23)c(-c2cccc3oc4ccccc4c23)c1. The van der Waals surface area contributed by atoms with Crippen LogP contribution in [0.5, 0.6) is 0 Å². The van der Waals surface area contributed by atoms with Crippen molar-refractivity contribution in [2.45, 2.75) is 0 Å². The summed E-state index contributed by atoms with van der Waals surface area (Å²) in [5.74, 6) is 0. The minimum Gasteiger partial charge on any atom is -0.456 e. The molecule has 0 saturated heterocycles. The van der Waals surface area contributed by atoms with Gasteiger partial charge in [-0.15, -0.1) is 0 Å². The van der Waals surface area contributed by atoms with Crippen LogP contribution in [0.1, 0.15) is 0 Å². The number of anilines is 3. The number of hydrogen-bond acceptors (Lipinski definition) is 3. The summed E-state index contributed by atoms with van der Waals surface area (Å²) < 4.78 is 13.0. The Kier molecular flexibility index (Phi) is 7.17. The third kappa shape index (κ3) is 5.13. The van der Waals surface area contributed by atoms with Gasteiger partial charge in [-0.3, -0.25) is 0 Å². The van der Waals surface area contributed by atoms with Gasteiger partial charge in [-0.25, -0.2) is 0 Å². The summed E-state index contributed by atoms with van der Waals surface area (Å²) in [7, 11) is 0. The van der Waals surface area contributed by atoms with Crippen LogP contribution in [0.15, 0.2) is 209 Å². The third-order valence-electron chi connectivity index (χ3n) is 10.9. The van der Waals surface area contributed by atoms with E-state index in [2.05, 4.69) is 181 Å². The summed E-state index contributed by atoms with van der Waals surface area (Å²) in [6.07, 6.45) is 0.